The molecule has 17 heavy (non-hydrogen) atoms. The van der Waals surface area contributed by atoms with Crippen molar-refractivity contribution in [2.45, 2.75) is 26.3 Å². The molecule has 1 rings (SSSR count). The van der Waals surface area contributed by atoms with Crippen LogP contribution in [0.5, 0.6) is 0 Å². The van der Waals surface area contributed by atoms with Gasteiger partial charge >= 0.3 is 0 Å². The van der Waals surface area contributed by atoms with Crippen LogP contribution in [-0.4, -0.2) is 25.8 Å². The van der Waals surface area contributed by atoms with E-state index in [0.717, 1.165) is 6.54 Å². The summed E-state index contributed by atoms with van der Waals surface area (Å²) in [5.41, 5.74) is 2.60. The smallest absolute Gasteiger partial charge is 0.0688 e. The summed E-state index contributed by atoms with van der Waals surface area (Å²) in [6, 6.07) is 10.3. The first-order valence-electron chi connectivity index (χ1n) is 6.00. The highest BCUT2D eigenvalue weighted by atomic mass is 16.5. The molecule has 0 aromatic heterocycles. The summed E-state index contributed by atoms with van der Waals surface area (Å²) in [5, 5.41) is 3.48. The summed E-state index contributed by atoms with van der Waals surface area (Å²) in [6.45, 7) is 8.02. The number of benzene rings is 1. The predicted octanol–water partition coefficient (Wildman–Crippen LogP) is 3.10. The minimum absolute atomic E-state index is 0.128. The van der Waals surface area contributed by atoms with Gasteiger partial charge in [-0.05, 0) is 31.9 Å². The Bertz CT molecular complexity index is 349. The number of methoxy groups -OCH3 is 1. The lowest BCUT2D eigenvalue weighted by Crippen LogP contribution is -2.37. The predicted molar refractivity (Wildman–Crippen MR) is 74.1 cm³/mol. The molecule has 1 aromatic rings. The van der Waals surface area contributed by atoms with E-state index in [1.54, 1.807) is 7.11 Å². The van der Waals surface area contributed by atoms with Crippen LogP contribution in [0.4, 0.5) is 0 Å². The Balaban J connectivity index is 2.68. The number of ether oxygens (including phenoxy) is 1. The summed E-state index contributed by atoms with van der Waals surface area (Å²) in [4.78, 5) is 0. The maximum atomic E-state index is 5.23. The Kier molecular flexibility index (Phi) is 5.39. The van der Waals surface area contributed by atoms with Gasteiger partial charge in [-0.25, -0.2) is 0 Å². The molecule has 0 aliphatic heterocycles. The highest BCUT2D eigenvalue weighted by Gasteiger charge is 2.09. The molecule has 0 radical (unpaired) electrons. The Morgan fingerprint density at radius 1 is 1.24 bits per heavy atom. The monoisotopic (exact) mass is 233 g/mol. The van der Waals surface area contributed by atoms with Gasteiger partial charge in [0.05, 0.1) is 6.61 Å². The molecule has 1 aromatic carbocycles. The van der Waals surface area contributed by atoms with Gasteiger partial charge in [0, 0.05) is 19.2 Å². The topological polar surface area (TPSA) is 21.3 Å². The van der Waals surface area contributed by atoms with Crippen molar-refractivity contribution in [2.75, 3.05) is 20.3 Å². The lowest BCUT2D eigenvalue weighted by Gasteiger charge is -2.21. The van der Waals surface area contributed by atoms with Gasteiger partial charge in [-0.2, -0.15) is 0 Å². The van der Waals surface area contributed by atoms with E-state index in [1.165, 1.54) is 11.1 Å². The van der Waals surface area contributed by atoms with Crippen LogP contribution in [0.2, 0.25) is 0 Å². The zero-order chi connectivity index (χ0) is 12.7. The number of nitrogens with one attached hydrogen (secondary N) is 1. The Morgan fingerprint density at radius 2 is 1.88 bits per heavy atom. The van der Waals surface area contributed by atoms with Gasteiger partial charge in [0.25, 0.3) is 0 Å². The van der Waals surface area contributed by atoms with Crippen molar-refractivity contribution < 1.29 is 4.74 Å². The molecule has 0 saturated heterocycles. The third-order valence-electron chi connectivity index (χ3n) is 2.35. The van der Waals surface area contributed by atoms with E-state index in [2.05, 4.69) is 44.3 Å². The average molecular weight is 233 g/mol. The Hall–Kier alpha value is -1.12. The summed E-state index contributed by atoms with van der Waals surface area (Å²) in [5.74, 6) is 0. The summed E-state index contributed by atoms with van der Waals surface area (Å²) in [6.07, 6.45) is 2.18. The second-order valence-electron chi connectivity index (χ2n) is 5.25. The second-order valence-corrected chi connectivity index (χ2v) is 5.25. The number of rotatable bonds is 5. The van der Waals surface area contributed by atoms with Crippen LogP contribution in [0.25, 0.3) is 6.08 Å². The number of hydrogen-bond acceptors (Lipinski definition) is 2. The molecule has 0 fully saturated rings. The third kappa shape index (κ3) is 6.25. The van der Waals surface area contributed by atoms with Crippen molar-refractivity contribution in [3.63, 3.8) is 0 Å². The zero-order valence-electron chi connectivity index (χ0n) is 11.3. The Morgan fingerprint density at radius 3 is 2.41 bits per heavy atom. The van der Waals surface area contributed by atoms with E-state index >= 15 is 0 Å². The van der Waals surface area contributed by atoms with Gasteiger partial charge < -0.3 is 10.1 Å². The third-order valence-corrected chi connectivity index (χ3v) is 2.35. The lowest BCUT2D eigenvalue weighted by molar-refractivity contribution is 0.223. The Labute approximate surface area is 105 Å². The van der Waals surface area contributed by atoms with Crippen LogP contribution in [0.1, 0.15) is 26.3 Å². The summed E-state index contributed by atoms with van der Waals surface area (Å²) < 4.78 is 5.23. The SMILES string of the molecule is COCC(=Cc1ccccc1)CNC(C)(C)C. The van der Waals surface area contributed by atoms with Crippen molar-refractivity contribution in [3.8, 4) is 0 Å². The normalized spacial score (nSPS) is 12.8. The quantitative estimate of drug-likeness (QED) is 0.843. The fraction of sp³-hybridized carbons (Fsp3) is 0.467. The van der Waals surface area contributed by atoms with E-state index in [0.29, 0.717) is 6.61 Å². The second kappa shape index (κ2) is 6.58. The fourth-order valence-corrected chi connectivity index (χ4v) is 1.49. The van der Waals surface area contributed by atoms with E-state index in [1.807, 2.05) is 18.2 Å². The van der Waals surface area contributed by atoms with Gasteiger partial charge in [-0.3, -0.25) is 0 Å². The first-order chi connectivity index (χ1) is 8.01. The molecule has 0 spiro atoms. The standard InChI is InChI=1S/C15H23NO/c1-15(2,3)16-11-14(12-17-4)10-13-8-6-5-7-9-13/h5-10,16H,11-12H2,1-4H3. The van der Waals surface area contributed by atoms with Crippen LogP contribution >= 0.6 is 0 Å². The molecule has 0 atom stereocenters. The average Bonchev–Trinajstić information content (AvgIpc) is 2.27. The molecule has 2 heteroatoms. The van der Waals surface area contributed by atoms with E-state index in [-0.39, 0.29) is 5.54 Å². The first kappa shape index (κ1) is 13.9. The molecule has 94 valence electrons. The van der Waals surface area contributed by atoms with Gasteiger partial charge in [-0.1, -0.05) is 36.4 Å². The van der Waals surface area contributed by atoms with Gasteiger partial charge in [0.1, 0.15) is 0 Å². The maximum absolute atomic E-state index is 5.23. The van der Waals surface area contributed by atoms with Crippen molar-refractivity contribution in [2.24, 2.45) is 0 Å². The van der Waals surface area contributed by atoms with Crippen LogP contribution < -0.4 is 5.32 Å². The van der Waals surface area contributed by atoms with Gasteiger partial charge in [-0.15, -0.1) is 0 Å². The lowest BCUT2D eigenvalue weighted by atomic mass is 10.1. The van der Waals surface area contributed by atoms with Crippen LogP contribution in [0.15, 0.2) is 35.9 Å². The summed E-state index contributed by atoms with van der Waals surface area (Å²) in [7, 11) is 1.73. The van der Waals surface area contributed by atoms with Crippen molar-refractivity contribution in [3.05, 3.63) is 41.5 Å². The molecule has 0 aliphatic rings. The van der Waals surface area contributed by atoms with Crippen LogP contribution in [0.3, 0.4) is 0 Å². The van der Waals surface area contributed by atoms with Gasteiger partial charge in [0.2, 0.25) is 0 Å². The molecule has 1 N–H and O–H groups in total. The highest BCUT2D eigenvalue weighted by Crippen LogP contribution is 2.08. The number of hydrogen-bond donors (Lipinski definition) is 1. The highest BCUT2D eigenvalue weighted by molar-refractivity contribution is 5.53. The van der Waals surface area contributed by atoms with E-state index in [4.69, 9.17) is 4.74 Å². The van der Waals surface area contributed by atoms with Crippen molar-refractivity contribution in [1.82, 2.24) is 5.32 Å². The van der Waals surface area contributed by atoms with Crippen molar-refractivity contribution in [1.29, 1.82) is 0 Å². The maximum Gasteiger partial charge on any atom is 0.0688 e. The first-order valence-corrected chi connectivity index (χ1v) is 6.00. The summed E-state index contributed by atoms with van der Waals surface area (Å²) >= 11 is 0. The van der Waals surface area contributed by atoms with Crippen LogP contribution in [-0.2, 0) is 4.74 Å². The fourth-order valence-electron chi connectivity index (χ4n) is 1.49. The van der Waals surface area contributed by atoms with E-state index < -0.39 is 0 Å². The molecule has 0 amide bonds. The molecular weight excluding hydrogens is 210 g/mol. The minimum Gasteiger partial charge on any atom is -0.380 e. The molecular formula is C15H23NO. The molecule has 0 unspecified atom stereocenters. The van der Waals surface area contributed by atoms with Gasteiger partial charge in [0.15, 0.2) is 0 Å². The molecule has 0 heterocycles. The zero-order valence-corrected chi connectivity index (χ0v) is 11.3. The molecule has 2 nitrogen and oxygen atoms in total. The van der Waals surface area contributed by atoms with E-state index in [9.17, 15) is 0 Å². The molecule has 0 bridgehead atoms. The molecule has 0 aliphatic carbocycles. The minimum atomic E-state index is 0.128. The molecule has 0 saturated carbocycles. The van der Waals surface area contributed by atoms with Crippen LogP contribution in [0, 0.1) is 0 Å². The largest absolute Gasteiger partial charge is 0.380 e. The van der Waals surface area contributed by atoms with Crippen molar-refractivity contribution >= 4 is 6.08 Å².